The molecule has 0 unspecified atom stereocenters. The zero-order valence-corrected chi connectivity index (χ0v) is 16.3. The predicted molar refractivity (Wildman–Crippen MR) is 105 cm³/mol. The maximum absolute atomic E-state index is 12.9. The number of rotatable bonds is 5. The number of carbonyl (C=O) groups is 1. The van der Waals surface area contributed by atoms with Crippen molar-refractivity contribution in [1.29, 1.82) is 5.26 Å². The van der Waals surface area contributed by atoms with Gasteiger partial charge >= 0.3 is 5.97 Å². The molecule has 0 bridgehead atoms. The summed E-state index contributed by atoms with van der Waals surface area (Å²) in [6, 6.07) is 12.4. The average molecular weight is 426 g/mol. The molecule has 3 rings (SSSR count). The summed E-state index contributed by atoms with van der Waals surface area (Å²) in [5.74, 6) is -0.863. The number of esters is 1. The molecule has 2 aromatic carbocycles. The summed E-state index contributed by atoms with van der Waals surface area (Å²) >= 11 is 0. The van der Waals surface area contributed by atoms with Crippen LogP contribution in [0.15, 0.2) is 64.5 Å². The largest absolute Gasteiger partial charge is 0.464 e. The molecule has 11 heteroatoms. The summed E-state index contributed by atoms with van der Waals surface area (Å²) in [6.45, 7) is 0. The minimum absolute atomic E-state index is 0.0426. The van der Waals surface area contributed by atoms with E-state index in [2.05, 4.69) is 4.74 Å². The van der Waals surface area contributed by atoms with Gasteiger partial charge in [0.1, 0.15) is 11.0 Å². The van der Waals surface area contributed by atoms with Gasteiger partial charge in [0.2, 0.25) is 9.84 Å². The number of benzene rings is 2. The van der Waals surface area contributed by atoms with Crippen molar-refractivity contribution < 1.29 is 22.9 Å². The molecule has 0 aliphatic rings. The molecule has 0 fully saturated rings. The number of ether oxygens (including phenoxy) is 1. The van der Waals surface area contributed by atoms with Crippen molar-refractivity contribution in [2.75, 3.05) is 12.8 Å². The van der Waals surface area contributed by atoms with Crippen LogP contribution in [0.1, 0.15) is 16.1 Å². The molecule has 1 aromatic heterocycles. The number of hydrogen-bond donors (Lipinski definition) is 1. The fourth-order valence-electron chi connectivity index (χ4n) is 2.87. The summed E-state index contributed by atoms with van der Waals surface area (Å²) in [6.07, 6.45) is 1.21. The molecule has 0 radical (unpaired) electrons. The van der Waals surface area contributed by atoms with E-state index in [-0.39, 0.29) is 27.5 Å². The Morgan fingerprint density at radius 3 is 2.47 bits per heavy atom. The van der Waals surface area contributed by atoms with Crippen molar-refractivity contribution in [2.24, 2.45) is 0 Å². The van der Waals surface area contributed by atoms with Crippen molar-refractivity contribution in [3.63, 3.8) is 0 Å². The number of nitro benzene ring substituents is 1. The second-order valence-electron chi connectivity index (χ2n) is 6.00. The topological polar surface area (TPSA) is 158 Å². The maximum atomic E-state index is 12.9. The van der Waals surface area contributed by atoms with E-state index in [1.54, 1.807) is 6.07 Å². The van der Waals surface area contributed by atoms with Gasteiger partial charge < -0.3 is 15.0 Å². The van der Waals surface area contributed by atoms with Crippen molar-refractivity contribution in [3.05, 3.63) is 76.1 Å². The Labute approximate surface area is 170 Å². The molecule has 0 spiro atoms. The third kappa shape index (κ3) is 3.36. The average Bonchev–Trinajstić information content (AvgIpc) is 3.09. The Bertz CT molecular complexity index is 1310. The Balaban J connectivity index is 2.25. The first-order chi connectivity index (χ1) is 14.2. The minimum atomic E-state index is -4.17. The molecular weight excluding hydrogens is 412 g/mol. The molecule has 30 heavy (non-hydrogen) atoms. The number of aromatic nitrogens is 1. The van der Waals surface area contributed by atoms with Crippen molar-refractivity contribution in [1.82, 2.24) is 4.57 Å². The highest BCUT2D eigenvalue weighted by molar-refractivity contribution is 7.91. The fraction of sp³-hybridized carbons (Fsp3) is 0.0526. The van der Waals surface area contributed by atoms with Crippen LogP contribution >= 0.6 is 0 Å². The molecule has 0 saturated heterocycles. The number of nitrogen functional groups attached to an aromatic ring is 1. The number of nitriles is 1. The van der Waals surface area contributed by atoms with E-state index in [1.807, 2.05) is 6.07 Å². The van der Waals surface area contributed by atoms with Crippen LogP contribution < -0.4 is 5.73 Å². The molecule has 152 valence electrons. The van der Waals surface area contributed by atoms with Crippen LogP contribution in [0.4, 0.5) is 11.4 Å². The van der Waals surface area contributed by atoms with Crippen molar-refractivity contribution >= 4 is 27.2 Å². The van der Waals surface area contributed by atoms with Gasteiger partial charge in [-0.3, -0.25) is 10.1 Å². The van der Waals surface area contributed by atoms with Crippen LogP contribution in [0.3, 0.4) is 0 Å². The van der Waals surface area contributed by atoms with E-state index in [0.29, 0.717) is 0 Å². The number of hydrogen-bond acceptors (Lipinski definition) is 8. The standard InChI is InChI=1S/C19H14N4O6S/c1-29-19(24)18-17(21)12(10-20)11-22(18)13-7-8-16(15(9-13)23(25)26)30(27,28)14-5-3-2-4-6-14/h2-9,11H,21H2,1H3. The van der Waals surface area contributed by atoms with E-state index in [9.17, 15) is 28.6 Å². The number of nitrogens with two attached hydrogens (primary N) is 1. The highest BCUT2D eigenvalue weighted by Gasteiger charge is 2.29. The van der Waals surface area contributed by atoms with Crippen LogP contribution in [0, 0.1) is 21.4 Å². The molecule has 10 nitrogen and oxygen atoms in total. The lowest BCUT2D eigenvalue weighted by atomic mass is 10.2. The van der Waals surface area contributed by atoms with Crippen LogP contribution in [0.5, 0.6) is 0 Å². The Morgan fingerprint density at radius 2 is 1.90 bits per heavy atom. The van der Waals surface area contributed by atoms with Crippen LogP contribution in [-0.4, -0.2) is 31.0 Å². The predicted octanol–water partition coefficient (Wildman–Crippen LogP) is 2.46. The second-order valence-corrected chi connectivity index (χ2v) is 7.92. The first-order valence-electron chi connectivity index (χ1n) is 8.30. The molecule has 0 atom stereocenters. The Kier molecular flexibility index (Phi) is 5.27. The number of sulfone groups is 1. The van der Waals surface area contributed by atoms with Gasteiger partial charge in [0.05, 0.1) is 33.9 Å². The Morgan fingerprint density at radius 1 is 1.23 bits per heavy atom. The van der Waals surface area contributed by atoms with Gasteiger partial charge in [-0.15, -0.1) is 0 Å². The molecule has 0 aliphatic heterocycles. The summed E-state index contributed by atoms with van der Waals surface area (Å²) in [5, 5.41) is 20.8. The van der Waals surface area contributed by atoms with E-state index < -0.39 is 31.3 Å². The van der Waals surface area contributed by atoms with Crippen molar-refractivity contribution in [3.8, 4) is 11.8 Å². The second kappa shape index (κ2) is 7.69. The summed E-state index contributed by atoms with van der Waals surface area (Å²) in [4.78, 5) is 22.3. The third-order valence-electron chi connectivity index (χ3n) is 4.30. The minimum Gasteiger partial charge on any atom is -0.464 e. The number of nitro groups is 1. The van der Waals surface area contributed by atoms with E-state index in [1.165, 1.54) is 36.5 Å². The Hall–Kier alpha value is -4.17. The van der Waals surface area contributed by atoms with Crippen LogP contribution in [0.2, 0.25) is 0 Å². The molecular formula is C19H14N4O6S. The fourth-order valence-corrected chi connectivity index (χ4v) is 4.30. The summed E-state index contributed by atoms with van der Waals surface area (Å²) in [7, 11) is -3.06. The smallest absolute Gasteiger partial charge is 0.357 e. The van der Waals surface area contributed by atoms with E-state index in [0.717, 1.165) is 23.8 Å². The van der Waals surface area contributed by atoms with Crippen LogP contribution in [-0.2, 0) is 14.6 Å². The normalized spacial score (nSPS) is 10.9. The van der Waals surface area contributed by atoms with Gasteiger partial charge in [-0.1, -0.05) is 18.2 Å². The first kappa shape index (κ1) is 20.6. The molecule has 2 N–H and O–H groups in total. The molecule has 1 heterocycles. The number of carbonyl (C=O) groups excluding carboxylic acids is 1. The lowest BCUT2D eigenvalue weighted by Crippen LogP contribution is -2.12. The number of anilines is 1. The van der Waals surface area contributed by atoms with Gasteiger partial charge in [0.25, 0.3) is 5.69 Å². The van der Waals surface area contributed by atoms with E-state index >= 15 is 0 Å². The van der Waals surface area contributed by atoms with Gasteiger partial charge in [-0.25, -0.2) is 13.2 Å². The SMILES string of the molecule is COC(=O)c1c(N)c(C#N)cn1-c1ccc(S(=O)(=O)c2ccccc2)c([N+](=O)[O-])c1. The third-order valence-corrected chi connectivity index (χ3v) is 6.12. The highest BCUT2D eigenvalue weighted by atomic mass is 32.2. The van der Waals surface area contributed by atoms with Crippen LogP contribution in [0.25, 0.3) is 5.69 Å². The monoisotopic (exact) mass is 426 g/mol. The summed E-state index contributed by atoms with van der Waals surface area (Å²) < 4.78 is 31.6. The first-order valence-corrected chi connectivity index (χ1v) is 9.79. The van der Waals surface area contributed by atoms with Gasteiger partial charge in [-0.2, -0.15) is 5.26 Å². The number of methoxy groups -OCH3 is 1. The highest BCUT2D eigenvalue weighted by Crippen LogP contribution is 2.33. The molecule has 0 amide bonds. The van der Waals surface area contributed by atoms with Gasteiger partial charge in [0, 0.05) is 12.3 Å². The lowest BCUT2D eigenvalue weighted by molar-refractivity contribution is -0.387. The lowest BCUT2D eigenvalue weighted by Gasteiger charge is -2.11. The van der Waals surface area contributed by atoms with Gasteiger partial charge in [0.15, 0.2) is 5.69 Å². The van der Waals surface area contributed by atoms with Gasteiger partial charge in [-0.05, 0) is 24.3 Å². The zero-order valence-electron chi connectivity index (χ0n) is 15.5. The zero-order chi connectivity index (χ0) is 22.1. The summed E-state index contributed by atoms with van der Waals surface area (Å²) in [5.41, 5.74) is 4.78. The number of nitrogens with zero attached hydrogens (tertiary/aromatic N) is 3. The quantitative estimate of drug-likeness (QED) is 0.370. The van der Waals surface area contributed by atoms with Crippen molar-refractivity contribution in [2.45, 2.75) is 9.79 Å². The molecule has 0 saturated carbocycles. The van der Waals surface area contributed by atoms with E-state index in [4.69, 9.17) is 5.73 Å². The maximum Gasteiger partial charge on any atom is 0.357 e. The molecule has 0 aliphatic carbocycles. The molecule has 3 aromatic rings.